The first-order valence-electron chi connectivity index (χ1n) is 6.54. The van der Waals surface area contributed by atoms with Crippen LogP contribution in [0.3, 0.4) is 0 Å². The molecule has 0 aliphatic carbocycles. The third kappa shape index (κ3) is 4.04. The molecule has 1 saturated heterocycles. The Morgan fingerprint density at radius 2 is 2.06 bits per heavy atom. The minimum absolute atomic E-state index is 0.423. The van der Waals surface area contributed by atoms with E-state index in [4.69, 9.17) is 4.52 Å². The molecule has 102 valence electrons. The van der Waals surface area contributed by atoms with Gasteiger partial charge in [-0.1, -0.05) is 5.16 Å². The van der Waals surface area contributed by atoms with Crippen LogP contribution in [0.4, 0.5) is 0 Å². The van der Waals surface area contributed by atoms with Gasteiger partial charge in [0, 0.05) is 45.6 Å². The molecule has 18 heavy (non-hydrogen) atoms. The van der Waals surface area contributed by atoms with E-state index < -0.39 is 6.10 Å². The van der Waals surface area contributed by atoms with Gasteiger partial charge in [-0.05, 0) is 14.0 Å². The third-order valence-corrected chi connectivity index (χ3v) is 3.23. The van der Waals surface area contributed by atoms with Crippen LogP contribution >= 0.6 is 0 Å². The summed E-state index contributed by atoms with van der Waals surface area (Å²) in [7, 11) is 2.15. The molecule has 0 spiro atoms. The lowest BCUT2D eigenvalue weighted by atomic mass is 10.3. The molecule has 6 heteroatoms. The standard InChI is InChI=1S/C12H22N4O2/c1-10(17)9-11-13-12(18-14-11)3-4-16-7-5-15(2)6-8-16/h10,17H,3-9H2,1-2H3. The van der Waals surface area contributed by atoms with Crippen molar-refractivity contribution < 1.29 is 9.63 Å². The maximum Gasteiger partial charge on any atom is 0.227 e. The second-order valence-corrected chi connectivity index (χ2v) is 5.05. The summed E-state index contributed by atoms with van der Waals surface area (Å²) >= 11 is 0. The molecule has 1 aliphatic rings. The van der Waals surface area contributed by atoms with E-state index in [0.717, 1.165) is 39.1 Å². The van der Waals surface area contributed by atoms with Crippen molar-refractivity contribution in [2.75, 3.05) is 39.8 Å². The molecule has 0 aromatic carbocycles. The van der Waals surface area contributed by atoms with E-state index in [9.17, 15) is 5.11 Å². The van der Waals surface area contributed by atoms with Crippen molar-refractivity contribution in [3.8, 4) is 0 Å². The van der Waals surface area contributed by atoms with Crippen molar-refractivity contribution in [2.45, 2.75) is 25.9 Å². The minimum atomic E-state index is -0.423. The van der Waals surface area contributed by atoms with Gasteiger partial charge in [-0.25, -0.2) is 0 Å². The fraction of sp³-hybridized carbons (Fsp3) is 0.833. The number of likely N-dealkylation sites (N-methyl/N-ethyl adjacent to an activating group) is 1. The molecule has 6 nitrogen and oxygen atoms in total. The van der Waals surface area contributed by atoms with Crippen LogP contribution in [0.15, 0.2) is 4.52 Å². The van der Waals surface area contributed by atoms with Gasteiger partial charge in [-0.15, -0.1) is 0 Å². The second kappa shape index (κ2) is 6.26. The average Bonchev–Trinajstić information content (AvgIpc) is 2.75. The average molecular weight is 254 g/mol. The van der Waals surface area contributed by atoms with E-state index in [1.165, 1.54) is 0 Å². The van der Waals surface area contributed by atoms with Crippen molar-refractivity contribution in [1.29, 1.82) is 0 Å². The van der Waals surface area contributed by atoms with Gasteiger partial charge in [0.2, 0.25) is 5.89 Å². The summed E-state index contributed by atoms with van der Waals surface area (Å²) in [5.74, 6) is 1.27. The monoisotopic (exact) mass is 254 g/mol. The van der Waals surface area contributed by atoms with Crippen LogP contribution in [0.1, 0.15) is 18.6 Å². The van der Waals surface area contributed by atoms with Gasteiger partial charge in [0.15, 0.2) is 5.82 Å². The zero-order valence-corrected chi connectivity index (χ0v) is 11.2. The predicted octanol–water partition coefficient (Wildman–Crippen LogP) is -0.217. The molecule has 1 fully saturated rings. The Morgan fingerprint density at radius 1 is 1.33 bits per heavy atom. The molecule has 0 radical (unpaired) electrons. The van der Waals surface area contributed by atoms with E-state index >= 15 is 0 Å². The lowest BCUT2D eigenvalue weighted by molar-refractivity contribution is 0.152. The van der Waals surface area contributed by atoms with Gasteiger partial charge < -0.3 is 19.4 Å². The topological polar surface area (TPSA) is 65.6 Å². The Morgan fingerprint density at radius 3 is 2.72 bits per heavy atom. The molecule has 0 amide bonds. The van der Waals surface area contributed by atoms with Gasteiger partial charge in [-0.2, -0.15) is 4.98 Å². The Bertz CT molecular complexity index is 359. The van der Waals surface area contributed by atoms with E-state index in [2.05, 4.69) is 27.0 Å². The molecule has 2 rings (SSSR count). The van der Waals surface area contributed by atoms with Gasteiger partial charge in [-0.3, -0.25) is 0 Å². The summed E-state index contributed by atoms with van der Waals surface area (Å²) in [4.78, 5) is 9.03. The lowest BCUT2D eigenvalue weighted by Crippen LogP contribution is -2.45. The molecule has 0 bridgehead atoms. The SMILES string of the molecule is CC(O)Cc1noc(CCN2CCN(C)CC2)n1. The van der Waals surface area contributed by atoms with Crippen LogP contribution in [-0.4, -0.2) is 70.9 Å². The summed E-state index contributed by atoms with van der Waals surface area (Å²) in [6.07, 6.45) is 0.822. The number of piperazine rings is 1. The smallest absolute Gasteiger partial charge is 0.227 e. The predicted molar refractivity (Wildman–Crippen MR) is 67.3 cm³/mol. The van der Waals surface area contributed by atoms with Crippen molar-refractivity contribution >= 4 is 0 Å². The van der Waals surface area contributed by atoms with Crippen molar-refractivity contribution in [1.82, 2.24) is 19.9 Å². The Kier molecular flexibility index (Phi) is 4.68. The largest absolute Gasteiger partial charge is 0.393 e. The number of aromatic nitrogens is 2. The minimum Gasteiger partial charge on any atom is -0.393 e. The highest BCUT2D eigenvalue weighted by Crippen LogP contribution is 2.04. The molecule has 0 saturated carbocycles. The van der Waals surface area contributed by atoms with E-state index in [-0.39, 0.29) is 0 Å². The van der Waals surface area contributed by atoms with Gasteiger partial charge in [0.05, 0.1) is 6.10 Å². The van der Waals surface area contributed by atoms with Gasteiger partial charge >= 0.3 is 0 Å². The highest BCUT2D eigenvalue weighted by Gasteiger charge is 2.15. The van der Waals surface area contributed by atoms with Crippen LogP contribution in [0.2, 0.25) is 0 Å². The number of hydrogen-bond donors (Lipinski definition) is 1. The molecule has 1 aromatic heterocycles. The van der Waals surface area contributed by atoms with Crippen LogP contribution in [0, 0.1) is 0 Å². The zero-order chi connectivity index (χ0) is 13.0. The highest BCUT2D eigenvalue weighted by molar-refractivity contribution is 4.89. The third-order valence-electron chi connectivity index (χ3n) is 3.23. The molecule has 2 heterocycles. The van der Waals surface area contributed by atoms with Gasteiger partial charge in [0.25, 0.3) is 0 Å². The maximum atomic E-state index is 9.24. The fourth-order valence-corrected chi connectivity index (χ4v) is 2.06. The normalized spacial score (nSPS) is 20.2. The quantitative estimate of drug-likeness (QED) is 0.784. The van der Waals surface area contributed by atoms with Crippen LogP contribution in [0.5, 0.6) is 0 Å². The van der Waals surface area contributed by atoms with Crippen molar-refractivity contribution in [2.24, 2.45) is 0 Å². The fourth-order valence-electron chi connectivity index (χ4n) is 2.06. The number of aliphatic hydroxyl groups is 1. The van der Waals surface area contributed by atoms with Crippen molar-refractivity contribution in [3.63, 3.8) is 0 Å². The molecular weight excluding hydrogens is 232 g/mol. The molecule has 1 unspecified atom stereocenters. The second-order valence-electron chi connectivity index (χ2n) is 5.05. The number of nitrogens with zero attached hydrogens (tertiary/aromatic N) is 4. The molecule has 1 aliphatic heterocycles. The summed E-state index contributed by atoms with van der Waals surface area (Å²) in [5, 5.41) is 13.1. The first-order chi connectivity index (χ1) is 8.63. The molecule has 1 atom stereocenters. The summed E-state index contributed by atoms with van der Waals surface area (Å²) in [5.41, 5.74) is 0. The summed E-state index contributed by atoms with van der Waals surface area (Å²) in [6.45, 7) is 7.13. The molecule has 1 aromatic rings. The highest BCUT2D eigenvalue weighted by atomic mass is 16.5. The van der Waals surface area contributed by atoms with Crippen LogP contribution in [0.25, 0.3) is 0 Å². The zero-order valence-electron chi connectivity index (χ0n) is 11.2. The molecular formula is C12H22N4O2. The summed E-state index contributed by atoms with van der Waals surface area (Å²) in [6, 6.07) is 0. The molecule has 1 N–H and O–H groups in total. The Labute approximate surface area is 108 Å². The lowest BCUT2D eigenvalue weighted by Gasteiger charge is -2.31. The van der Waals surface area contributed by atoms with Crippen LogP contribution < -0.4 is 0 Å². The van der Waals surface area contributed by atoms with Gasteiger partial charge in [0.1, 0.15) is 0 Å². The number of hydrogen-bond acceptors (Lipinski definition) is 6. The number of aliphatic hydroxyl groups excluding tert-OH is 1. The van der Waals surface area contributed by atoms with E-state index in [0.29, 0.717) is 18.1 Å². The van der Waals surface area contributed by atoms with Crippen molar-refractivity contribution in [3.05, 3.63) is 11.7 Å². The van der Waals surface area contributed by atoms with E-state index in [1.54, 1.807) is 6.92 Å². The Hall–Kier alpha value is -0.980. The first-order valence-corrected chi connectivity index (χ1v) is 6.54. The Balaban J connectivity index is 1.74. The summed E-state index contributed by atoms with van der Waals surface area (Å²) < 4.78 is 5.17. The maximum absolute atomic E-state index is 9.24. The number of rotatable bonds is 5. The van der Waals surface area contributed by atoms with E-state index in [1.807, 2.05) is 0 Å². The first kappa shape index (κ1) is 13.5. The van der Waals surface area contributed by atoms with Crippen LogP contribution in [-0.2, 0) is 12.8 Å².